The van der Waals surface area contributed by atoms with Crippen molar-refractivity contribution in [1.82, 2.24) is 0 Å². The zero-order valence-corrected chi connectivity index (χ0v) is 19.6. The Morgan fingerprint density at radius 1 is 0.576 bits per heavy atom. The van der Waals surface area contributed by atoms with Crippen molar-refractivity contribution in [3.63, 3.8) is 0 Å². The van der Waals surface area contributed by atoms with Gasteiger partial charge in [0, 0.05) is 23.0 Å². The highest BCUT2D eigenvalue weighted by Gasteiger charge is 2.29. The second-order valence-electron chi connectivity index (χ2n) is 7.99. The van der Waals surface area contributed by atoms with Gasteiger partial charge in [-0.15, -0.1) is 0 Å². The Balaban J connectivity index is 1.59. The molecule has 168 valence electrons. The first-order chi connectivity index (χ1) is 15.9. The molecule has 0 fully saturated rings. The summed E-state index contributed by atoms with van der Waals surface area (Å²) in [5.41, 5.74) is 3.80. The van der Waals surface area contributed by atoms with Crippen LogP contribution in [-0.4, -0.2) is 4.89 Å². The largest absolute Gasteiger partial charge is 0.584 e. The SMILES string of the molecule is CC(c1ccccc1)c1ccccc1OP(=O)(O)Oc1ccccc1C(C)c1ccccc1. The van der Waals surface area contributed by atoms with Gasteiger partial charge >= 0.3 is 7.82 Å². The second-order valence-corrected chi connectivity index (χ2v) is 9.29. The number of phosphoric acid groups is 1. The van der Waals surface area contributed by atoms with Crippen LogP contribution in [0.2, 0.25) is 0 Å². The Bertz CT molecular complexity index is 1150. The lowest BCUT2D eigenvalue weighted by molar-refractivity contribution is 0.288. The fourth-order valence-electron chi connectivity index (χ4n) is 3.95. The molecule has 0 aliphatic heterocycles. The van der Waals surface area contributed by atoms with Crippen molar-refractivity contribution in [3.8, 4) is 11.5 Å². The summed E-state index contributed by atoms with van der Waals surface area (Å²) in [6.45, 7) is 4.08. The Hall–Kier alpha value is -3.33. The second kappa shape index (κ2) is 10.1. The molecule has 0 heterocycles. The number of para-hydroxylation sites is 2. The highest BCUT2D eigenvalue weighted by atomic mass is 31.2. The molecule has 4 aromatic rings. The van der Waals surface area contributed by atoms with E-state index in [1.54, 1.807) is 24.3 Å². The maximum Gasteiger partial charge on any atom is 0.584 e. The molecule has 2 atom stereocenters. The van der Waals surface area contributed by atoms with Crippen molar-refractivity contribution < 1.29 is 18.5 Å². The topological polar surface area (TPSA) is 55.8 Å². The Morgan fingerprint density at radius 3 is 1.30 bits per heavy atom. The van der Waals surface area contributed by atoms with Crippen molar-refractivity contribution in [2.24, 2.45) is 0 Å². The fourth-order valence-corrected chi connectivity index (χ4v) is 4.82. The first-order valence-corrected chi connectivity index (χ1v) is 12.4. The smallest absolute Gasteiger partial charge is 0.395 e. The average molecular weight is 458 g/mol. The number of hydrogen-bond acceptors (Lipinski definition) is 3. The maximum absolute atomic E-state index is 13.1. The molecular formula is C28H27O4P. The number of benzene rings is 4. The van der Waals surface area contributed by atoms with Crippen LogP contribution in [0, 0.1) is 0 Å². The minimum Gasteiger partial charge on any atom is -0.395 e. The van der Waals surface area contributed by atoms with E-state index in [4.69, 9.17) is 9.05 Å². The summed E-state index contributed by atoms with van der Waals surface area (Å²) in [7, 11) is -4.45. The third kappa shape index (κ3) is 5.54. The summed E-state index contributed by atoms with van der Waals surface area (Å²) in [5.74, 6) is 0.613. The van der Waals surface area contributed by atoms with Gasteiger partial charge in [-0.05, 0) is 23.3 Å². The van der Waals surface area contributed by atoms with Gasteiger partial charge in [0.15, 0.2) is 0 Å². The minimum absolute atomic E-state index is 0.0206. The van der Waals surface area contributed by atoms with Crippen LogP contribution in [0.4, 0.5) is 0 Å². The van der Waals surface area contributed by atoms with Gasteiger partial charge in [0.25, 0.3) is 0 Å². The van der Waals surface area contributed by atoms with Crippen LogP contribution < -0.4 is 9.05 Å². The van der Waals surface area contributed by atoms with E-state index >= 15 is 0 Å². The maximum atomic E-state index is 13.1. The van der Waals surface area contributed by atoms with Gasteiger partial charge in [-0.2, -0.15) is 0 Å². The normalized spacial score (nSPS) is 14.6. The van der Waals surface area contributed by atoms with Crippen molar-refractivity contribution in [3.05, 3.63) is 131 Å². The van der Waals surface area contributed by atoms with Gasteiger partial charge < -0.3 is 9.05 Å². The van der Waals surface area contributed by atoms with Gasteiger partial charge in [-0.1, -0.05) is 111 Å². The fraction of sp³-hybridized carbons (Fsp3) is 0.143. The van der Waals surface area contributed by atoms with Crippen LogP contribution in [0.25, 0.3) is 0 Å². The standard InChI is InChI=1S/C28H27O4P/c1-21(23-13-5-3-6-14-23)25-17-9-11-19-27(25)31-33(29,30)32-28-20-12-10-18-26(28)22(2)24-15-7-4-8-16-24/h3-22H,1-2H3,(H,29,30). The predicted molar refractivity (Wildman–Crippen MR) is 132 cm³/mol. The Morgan fingerprint density at radius 2 is 0.909 bits per heavy atom. The lowest BCUT2D eigenvalue weighted by Crippen LogP contribution is -2.06. The summed E-state index contributed by atoms with van der Waals surface area (Å²) in [6, 6.07) is 34.4. The molecular weight excluding hydrogens is 431 g/mol. The van der Waals surface area contributed by atoms with Gasteiger partial charge in [0.1, 0.15) is 11.5 Å². The first kappa shape index (κ1) is 22.8. The molecule has 0 bridgehead atoms. The van der Waals surface area contributed by atoms with Crippen LogP contribution in [0.15, 0.2) is 109 Å². The van der Waals surface area contributed by atoms with Crippen LogP contribution in [-0.2, 0) is 4.57 Å². The molecule has 1 N–H and O–H groups in total. The molecule has 2 unspecified atom stereocenters. The lowest BCUT2D eigenvalue weighted by atomic mass is 9.93. The molecule has 0 aliphatic carbocycles. The molecule has 0 spiro atoms. The number of phosphoric ester groups is 1. The summed E-state index contributed by atoms with van der Waals surface area (Å²) >= 11 is 0. The summed E-state index contributed by atoms with van der Waals surface area (Å²) in [6.07, 6.45) is 0. The van der Waals surface area contributed by atoms with E-state index in [9.17, 15) is 9.46 Å². The number of hydrogen-bond donors (Lipinski definition) is 1. The van der Waals surface area contributed by atoms with Crippen LogP contribution in [0.5, 0.6) is 11.5 Å². The molecule has 5 heteroatoms. The Labute approximate surface area is 195 Å². The minimum atomic E-state index is -4.45. The van der Waals surface area contributed by atoms with Crippen molar-refractivity contribution in [2.75, 3.05) is 0 Å². The van der Waals surface area contributed by atoms with Gasteiger partial charge in [-0.25, -0.2) is 4.57 Å². The van der Waals surface area contributed by atoms with Crippen molar-refractivity contribution >= 4 is 7.82 Å². The highest BCUT2D eigenvalue weighted by molar-refractivity contribution is 7.48. The monoisotopic (exact) mass is 458 g/mol. The molecule has 4 aromatic carbocycles. The molecule has 0 radical (unpaired) electrons. The summed E-state index contributed by atoms with van der Waals surface area (Å²) in [4.78, 5) is 10.7. The van der Waals surface area contributed by atoms with Gasteiger partial charge in [0.05, 0.1) is 0 Å². The molecule has 0 saturated heterocycles. The average Bonchev–Trinajstić information content (AvgIpc) is 2.84. The summed E-state index contributed by atoms with van der Waals surface area (Å²) in [5, 5.41) is 0. The molecule has 0 amide bonds. The first-order valence-electron chi connectivity index (χ1n) is 10.9. The zero-order chi connectivity index (χ0) is 23.3. The Kier molecular flexibility index (Phi) is 6.98. The molecule has 0 aliphatic rings. The van der Waals surface area contributed by atoms with E-state index in [1.165, 1.54) is 0 Å². The van der Waals surface area contributed by atoms with E-state index < -0.39 is 7.82 Å². The van der Waals surface area contributed by atoms with E-state index in [0.29, 0.717) is 11.5 Å². The van der Waals surface area contributed by atoms with Crippen molar-refractivity contribution in [1.29, 1.82) is 0 Å². The van der Waals surface area contributed by atoms with E-state index in [-0.39, 0.29) is 11.8 Å². The van der Waals surface area contributed by atoms with E-state index in [1.807, 2.05) is 98.8 Å². The quantitative estimate of drug-likeness (QED) is 0.277. The highest BCUT2D eigenvalue weighted by Crippen LogP contribution is 2.48. The third-order valence-corrected chi connectivity index (χ3v) is 6.65. The molecule has 4 rings (SSSR count). The molecule has 33 heavy (non-hydrogen) atoms. The molecule has 0 aromatic heterocycles. The number of rotatable bonds is 8. The van der Waals surface area contributed by atoms with E-state index in [2.05, 4.69) is 0 Å². The summed E-state index contributed by atoms with van der Waals surface area (Å²) < 4.78 is 24.3. The third-order valence-electron chi connectivity index (χ3n) is 5.80. The van der Waals surface area contributed by atoms with Crippen LogP contribution >= 0.6 is 7.82 Å². The van der Waals surface area contributed by atoms with Gasteiger partial charge in [0.2, 0.25) is 0 Å². The zero-order valence-electron chi connectivity index (χ0n) is 18.7. The predicted octanol–water partition coefficient (Wildman–Crippen LogP) is 7.55. The van der Waals surface area contributed by atoms with E-state index in [0.717, 1.165) is 22.3 Å². The van der Waals surface area contributed by atoms with Crippen LogP contribution in [0.3, 0.4) is 0 Å². The van der Waals surface area contributed by atoms with Crippen molar-refractivity contribution in [2.45, 2.75) is 25.7 Å². The molecule has 4 nitrogen and oxygen atoms in total. The molecule has 0 saturated carbocycles. The lowest BCUT2D eigenvalue weighted by Gasteiger charge is -2.22. The van der Waals surface area contributed by atoms with Gasteiger partial charge in [-0.3, -0.25) is 4.89 Å². The van der Waals surface area contributed by atoms with Crippen LogP contribution in [0.1, 0.15) is 47.9 Å².